The molecule has 2 aromatic rings. The van der Waals surface area contributed by atoms with Crippen LogP contribution < -0.4 is 5.32 Å². The number of hydrogen-bond acceptors (Lipinski definition) is 3. The van der Waals surface area contributed by atoms with Crippen LogP contribution in [0.2, 0.25) is 0 Å². The highest BCUT2D eigenvalue weighted by Crippen LogP contribution is 2.23. The number of nitrogens with one attached hydrogen (secondary N) is 1. The number of aliphatic carboxylic acids is 1. The number of alkyl halides is 2. The second-order valence-corrected chi connectivity index (χ2v) is 5.17. The molecule has 6 nitrogen and oxygen atoms in total. The van der Waals surface area contributed by atoms with Crippen LogP contribution in [-0.4, -0.2) is 33.3 Å². The third kappa shape index (κ3) is 3.53. The Kier molecular flexibility index (Phi) is 4.73. The van der Waals surface area contributed by atoms with Gasteiger partial charge in [-0.15, -0.1) is 0 Å². The van der Waals surface area contributed by atoms with E-state index < -0.39 is 23.8 Å². The first-order valence-corrected chi connectivity index (χ1v) is 6.74. The van der Waals surface area contributed by atoms with E-state index in [0.717, 1.165) is 12.4 Å². The molecule has 1 aromatic heterocycles. The summed E-state index contributed by atoms with van der Waals surface area (Å²) in [4.78, 5) is 23.6. The molecule has 0 aliphatic rings. The predicted octanol–water partition coefficient (Wildman–Crippen LogP) is 2.05. The summed E-state index contributed by atoms with van der Waals surface area (Å²) in [6.07, 6.45) is 1.91. The molecule has 1 aromatic carbocycles. The van der Waals surface area contributed by atoms with Crippen LogP contribution in [0.3, 0.4) is 0 Å². The molecule has 2 rings (SSSR count). The Labute approximate surface area is 130 Å². The summed E-state index contributed by atoms with van der Waals surface area (Å²) >= 11 is 0. The third-order valence-corrected chi connectivity index (χ3v) is 3.55. The minimum Gasteiger partial charge on any atom is -0.481 e. The fourth-order valence-corrected chi connectivity index (χ4v) is 2.03. The van der Waals surface area contributed by atoms with Crippen LogP contribution in [0.25, 0.3) is 0 Å². The molecule has 0 aliphatic heterocycles. The van der Waals surface area contributed by atoms with Gasteiger partial charge in [0.1, 0.15) is 5.41 Å². The molecule has 8 heteroatoms. The van der Waals surface area contributed by atoms with Gasteiger partial charge >= 0.3 is 12.5 Å². The minimum atomic E-state index is -2.84. The van der Waals surface area contributed by atoms with Crippen molar-refractivity contribution >= 4 is 11.9 Å². The van der Waals surface area contributed by atoms with E-state index in [4.69, 9.17) is 0 Å². The SMILES string of the molecule is CC(CNC(=O)c1cnn(C(F)F)c1)(C(=O)O)c1ccccc1. The Morgan fingerprint density at radius 3 is 2.52 bits per heavy atom. The van der Waals surface area contributed by atoms with Gasteiger partial charge in [0.15, 0.2) is 0 Å². The van der Waals surface area contributed by atoms with Gasteiger partial charge in [-0.2, -0.15) is 13.9 Å². The molecular weight excluding hydrogens is 308 g/mol. The molecule has 0 saturated carbocycles. The van der Waals surface area contributed by atoms with Crippen molar-refractivity contribution in [2.45, 2.75) is 18.9 Å². The van der Waals surface area contributed by atoms with Crippen LogP contribution in [0.5, 0.6) is 0 Å². The van der Waals surface area contributed by atoms with Gasteiger partial charge in [0.05, 0.1) is 11.8 Å². The first kappa shape index (κ1) is 16.6. The van der Waals surface area contributed by atoms with E-state index in [1.54, 1.807) is 30.3 Å². The maximum atomic E-state index is 12.4. The second kappa shape index (κ2) is 6.55. The summed E-state index contributed by atoms with van der Waals surface area (Å²) in [7, 11) is 0. The lowest BCUT2D eigenvalue weighted by molar-refractivity contribution is -0.142. The van der Waals surface area contributed by atoms with E-state index in [0.29, 0.717) is 10.2 Å². The Balaban J connectivity index is 2.12. The van der Waals surface area contributed by atoms with Gasteiger partial charge in [0, 0.05) is 12.7 Å². The highest BCUT2D eigenvalue weighted by Gasteiger charge is 2.35. The summed E-state index contributed by atoms with van der Waals surface area (Å²) in [6.45, 7) is -1.55. The Bertz CT molecular complexity index is 703. The van der Waals surface area contributed by atoms with Crippen LogP contribution in [0.15, 0.2) is 42.7 Å². The van der Waals surface area contributed by atoms with Gasteiger partial charge in [-0.05, 0) is 12.5 Å². The Morgan fingerprint density at radius 1 is 1.35 bits per heavy atom. The van der Waals surface area contributed by atoms with Crippen LogP contribution in [0.4, 0.5) is 8.78 Å². The van der Waals surface area contributed by atoms with Crippen LogP contribution in [0, 0.1) is 0 Å². The number of benzene rings is 1. The fraction of sp³-hybridized carbons (Fsp3) is 0.267. The fourth-order valence-electron chi connectivity index (χ4n) is 2.03. The molecule has 122 valence electrons. The van der Waals surface area contributed by atoms with Crippen LogP contribution >= 0.6 is 0 Å². The zero-order chi connectivity index (χ0) is 17.0. The average Bonchev–Trinajstić information content (AvgIpc) is 3.03. The van der Waals surface area contributed by atoms with E-state index >= 15 is 0 Å². The molecule has 0 spiro atoms. The number of nitrogens with zero attached hydrogens (tertiary/aromatic N) is 2. The zero-order valence-electron chi connectivity index (χ0n) is 12.2. The van der Waals surface area contributed by atoms with Crippen molar-refractivity contribution in [2.24, 2.45) is 0 Å². The van der Waals surface area contributed by atoms with Gasteiger partial charge in [-0.25, -0.2) is 4.68 Å². The quantitative estimate of drug-likeness (QED) is 0.852. The largest absolute Gasteiger partial charge is 0.481 e. The molecule has 0 fully saturated rings. The lowest BCUT2D eigenvalue weighted by atomic mass is 9.82. The van der Waals surface area contributed by atoms with E-state index in [2.05, 4.69) is 10.4 Å². The highest BCUT2D eigenvalue weighted by atomic mass is 19.3. The van der Waals surface area contributed by atoms with Crippen molar-refractivity contribution in [3.63, 3.8) is 0 Å². The summed E-state index contributed by atoms with van der Waals surface area (Å²) in [5.41, 5.74) is -0.877. The monoisotopic (exact) mass is 323 g/mol. The smallest absolute Gasteiger partial charge is 0.333 e. The number of carbonyl (C=O) groups excluding carboxylic acids is 1. The predicted molar refractivity (Wildman–Crippen MR) is 77.2 cm³/mol. The number of carboxylic acid groups (broad SMARTS) is 1. The number of amides is 1. The number of hydrogen-bond donors (Lipinski definition) is 2. The van der Waals surface area contributed by atoms with Crippen molar-refractivity contribution in [1.82, 2.24) is 15.1 Å². The molecule has 2 N–H and O–H groups in total. The van der Waals surface area contributed by atoms with Crippen molar-refractivity contribution < 1.29 is 23.5 Å². The molecule has 1 heterocycles. The molecular formula is C15H15F2N3O3. The van der Waals surface area contributed by atoms with Gasteiger partial charge in [-0.3, -0.25) is 9.59 Å². The molecule has 1 unspecified atom stereocenters. The van der Waals surface area contributed by atoms with E-state index in [9.17, 15) is 23.5 Å². The first-order chi connectivity index (χ1) is 10.8. The van der Waals surface area contributed by atoms with Crippen molar-refractivity contribution in [3.8, 4) is 0 Å². The average molecular weight is 323 g/mol. The van der Waals surface area contributed by atoms with E-state index in [-0.39, 0.29) is 12.1 Å². The number of carboxylic acids is 1. The number of carbonyl (C=O) groups is 2. The standard InChI is InChI=1S/C15H15F2N3O3/c1-15(13(22)23,11-5-3-2-4-6-11)9-18-12(21)10-7-19-20(8-10)14(16)17/h2-8,14H,9H2,1H3,(H,18,21)(H,22,23). The van der Waals surface area contributed by atoms with Crippen molar-refractivity contribution in [2.75, 3.05) is 6.54 Å². The lowest BCUT2D eigenvalue weighted by Crippen LogP contribution is -2.44. The number of rotatable bonds is 6. The van der Waals surface area contributed by atoms with Crippen LogP contribution in [0.1, 0.15) is 29.4 Å². The molecule has 0 bridgehead atoms. The van der Waals surface area contributed by atoms with Crippen molar-refractivity contribution in [1.29, 1.82) is 0 Å². The van der Waals surface area contributed by atoms with Crippen molar-refractivity contribution in [3.05, 3.63) is 53.9 Å². The molecule has 1 atom stereocenters. The van der Waals surface area contributed by atoms with E-state index in [1.165, 1.54) is 6.92 Å². The molecule has 0 aliphatic carbocycles. The summed E-state index contributed by atoms with van der Waals surface area (Å²) in [6, 6.07) is 8.45. The first-order valence-electron chi connectivity index (χ1n) is 6.74. The molecule has 0 saturated heterocycles. The topological polar surface area (TPSA) is 84.2 Å². The molecule has 0 radical (unpaired) electrons. The highest BCUT2D eigenvalue weighted by molar-refractivity contribution is 5.94. The lowest BCUT2D eigenvalue weighted by Gasteiger charge is -2.25. The van der Waals surface area contributed by atoms with Gasteiger partial charge in [0.25, 0.3) is 5.91 Å². The second-order valence-electron chi connectivity index (χ2n) is 5.17. The zero-order valence-corrected chi connectivity index (χ0v) is 12.2. The van der Waals surface area contributed by atoms with Gasteiger partial charge < -0.3 is 10.4 Å². The minimum absolute atomic E-state index is 0.0638. The Morgan fingerprint density at radius 2 is 2.00 bits per heavy atom. The van der Waals surface area contributed by atoms with Gasteiger partial charge in [0.2, 0.25) is 0 Å². The maximum Gasteiger partial charge on any atom is 0.333 e. The number of aromatic nitrogens is 2. The molecule has 1 amide bonds. The normalized spacial score (nSPS) is 13.6. The maximum absolute atomic E-state index is 12.4. The van der Waals surface area contributed by atoms with Crippen LogP contribution in [-0.2, 0) is 10.2 Å². The summed E-state index contributed by atoms with van der Waals surface area (Å²) in [5.74, 6) is -1.77. The third-order valence-electron chi connectivity index (χ3n) is 3.55. The van der Waals surface area contributed by atoms with E-state index in [1.807, 2.05) is 0 Å². The summed E-state index contributed by atoms with van der Waals surface area (Å²) < 4.78 is 25.2. The molecule has 23 heavy (non-hydrogen) atoms. The van der Waals surface area contributed by atoms with Gasteiger partial charge in [-0.1, -0.05) is 30.3 Å². The number of halogens is 2. The Hall–Kier alpha value is -2.77. The summed E-state index contributed by atoms with van der Waals surface area (Å²) in [5, 5.41) is 15.3.